The molecule has 0 aliphatic heterocycles. The molecule has 0 spiro atoms. The van der Waals surface area contributed by atoms with Crippen molar-refractivity contribution in [2.75, 3.05) is 26.9 Å². The third-order valence-electron chi connectivity index (χ3n) is 3.50. The highest BCUT2D eigenvalue weighted by atomic mass is 16.5. The summed E-state index contributed by atoms with van der Waals surface area (Å²) in [7, 11) is 1.64. The van der Waals surface area contributed by atoms with Crippen molar-refractivity contribution in [3.8, 4) is 0 Å². The van der Waals surface area contributed by atoms with Gasteiger partial charge in [0.1, 0.15) is 6.04 Å². The highest BCUT2D eigenvalue weighted by Gasteiger charge is 2.25. The Kier molecular flexibility index (Phi) is 5.56. The molecular weight excluding hydrogens is 254 g/mol. The zero-order chi connectivity index (χ0) is 14.4. The standard InChI is InChI=1S/C16H23NO3/c1-3-20-16(18)15(17-10-11-19-2)14-8-6-13(7-9-14)12-4-5-12/h6-9,12,15,17H,3-5,10-11H2,1-2H3. The first-order chi connectivity index (χ1) is 9.76. The molecule has 1 unspecified atom stereocenters. The van der Waals surface area contributed by atoms with Gasteiger partial charge in [0.05, 0.1) is 13.2 Å². The smallest absolute Gasteiger partial charge is 0.327 e. The third-order valence-corrected chi connectivity index (χ3v) is 3.50. The molecule has 0 bridgehead atoms. The molecule has 20 heavy (non-hydrogen) atoms. The van der Waals surface area contributed by atoms with E-state index in [0.717, 1.165) is 11.5 Å². The molecule has 4 nitrogen and oxygen atoms in total. The molecule has 1 aromatic carbocycles. The lowest BCUT2D eigenvalue weighted by atomic mass is 10.0. The monoisotopic (exact) mass is 277 g/mol. The van der Waals surface area contributed by atoms with Gasteiger partial charge < -0.3 is 9.47 Å². The number of esters is 1. The summed E-state index contributed by atoms with van der Waals surface area (Å²) in [6.45, 7) is 3.39. The maximum atomic E-state index is 12.0. The number of hydrogen-bond acceptors (Lipinski definition) is 4. The van der Waals surface area contributed by atoms with Crippen molar-refractivity contribution in [1.82, 2.24) is 5.32 Å². The molecule has 1 N–H and O–H groups in total. The minimum absolute atomic E-state index is 0.234. The van der Waals surface area contributed by atoms with E-state index >= 15 is 0 Å². The first-order valence-corrected chi connectivity index (χ1v) is 7.25. The maximum Gasteiger partial charge on any atom is 0.327 e. The van der Waals surface area contributed by atoms with Crippen LogP contribution in [0.25, 0.3) is 0 Å². The molecule has 0 amide bonds. The van der Waals surface area contributed by atoms with Crippen LogP contribution in [0.15, 0.2) is 24.3 Å². The van der Waals surface area contributed by atoms with Gasteiger partial charge in [-0.1, -0.05) is 24.3 Å². The van der Waals surface area contributed by atoms with Gasteiger partial charge in [-0.05, 0) is 36.8 Å². The van der Waals surface area contributed by atoms with Gasteiger partial charge in [0.2, 0.25) is 0 Å². The zero-order valence-electron chi connectivity index (χ0n) is 12.2. The Bertz CT molecular complexity index is 426. The van der Waals surface area contributed by atoms with Crippen molar-refractivity contribution in [2.45, 2.75) is 31.7 Å². The topological polar surface area (TPSA) is 47.6 Å². The minimum atomic E-state index is -0.418. The molecule has 1 aliphatic carbocycles. The Morgan fingerprint density at radius 1 is 1.35 bits per heavy atom. The summed E-state index contributed by atoms with van der Waals surface area (Å²) in [5.74, 6) is 0.495. The summed E-state index contributed by atoms with van der Waals surface area (Å²) in [4.78, 5) is 12.0. The van der Waals surface area contributed by atoms with Gasteiger partial charge in [0.15, 0.2) is 0 Å². The summed E-state index contributed by atoms with van der Waals surface area (Å²) in [6, 6.07) is 7.87. The summed E-state index contributed by atoms with van der Waals surface area (Å²) in [5.41, 5.74) is 2.32. The lowest BCUT2D eigenvalue weighted by molar-refractivity contribution is -0.145. The van der Waals surface area contributed by atoms with Gasteiger partial charge in [0.25, 0.3) is 0 Å². The average molecular weight is 277 g/mol. The predicted molar refractivity (Wildman–Crippen MR) is 77.7 cm³/mol. The van der Waals surface area contributed by atoms with Crippen LogP contribution >= 0.6 is 0 Å². The average Bonchev–Trinajstić information content (AvgIpc) is 3.29. The molecule has 1 atom stereocenters. The van der Waals surface area contributed by atoms with Gasteiger partial charge in [-0.25, -0.2) is 4.79 Å². The number of methoxy groups -OCH3 is 1. The summed E-state index contributed by atoms with van der Waals surface area (Å²) >= 11 is 0. The summed E-state index contributed by atoms with van der Waals surface area (Å²) in [5, 5.41) is 3.19. The van der Waals surface area contributed by atoms with Crippen molar-refractivity contribution >= 4 is 5.97 Å². The minimum Gasteiger partial charge on any atom is -0.465 e. The van der Waals surface area contributed by atoms with Crippen LogP contribution in [0.1, 0.15) is 42.9 Å². The molecule has 4 heteroatoms. The van der Waals surface area contributed by atoms with E-state index < -0.39 is 6.04 Å². The van der Waals surface area contributed by atoms with Crippen molar-refractivity contribution in [2.24, 2.45) is 0 Å². The van der Waals surface area contributed by atoms with E-state index in [9.17, 15) is 4.79 Å². The van der Waals surface area contributed by atoms with Crippen LogP contribution in [0.5, 0.6) is 0 Å². The van der Waals surface area contributed by atoms with Crippen molar-refractivity contribution in [3.05, 3.63) is 35.4 Å². The Hall–Kier alpha value is -1.39. The number of benzene rings is 1. The number of nitrogens with one attached hydrogen (secondary N) is 1. The van der Waals surface area contributed by atoms with Gasteiger partial charge in [-0.15, -0.1) is 0 Å². The number of carbonyl (C=O) groups is 1. The number of ether oxygens (including phenoxy) is 2. The van der Waals surface area contributed by atoms with E-state index in [-0.39, 0.29) is 5.97 Å². The van der Waals surface area contributed by atoms with E-state index in [2.05, 4.69) is 17.4 Å². The Labute approximate surface area is 120 Å². The Morgan fingerprint density at radius 2 is 2.05 bits per heavy atom. The highest BCUT2D eigenvalue weighted by Crippen LogP contribution is 2.40. The van der Waals surface area contributed by atoms with E-state index in [1.807, 2.05) is 19.1 Å². The first kappa shape index (κ1) is 15.0. The van der Waals surface area contributed by atoms with E-state index in [1.54, 1.807) is 7.11 Å². The summed E-state index contributed by atoms with van der Waals surface area (Å²) in [6.07, 6.45) is 2.57. The Balaban J connectivity index is 2.04. The van der Waals surface area contributed by atoms with Crippen LogP contribution in [-0.2, 0) is 14.3 Å². The van der Waals surface area contributed by atoms with Gasteiger partial charge in [0, 0.05) is 13.7 Å². The van der Waals surface area contributed by atoms with Gasteiger partial charge in [-0.3, -0.25) is 5.32 Å². The van der Waals surface area contributed by atoms with Crippen molar-refractivity contribution in [1.29, 1.82) is 0 Å². The van der Waals surface area contributed by atoms with E-state index in [4.69, 9.17) is 9.47 Å². The fourth-order valence-corrected chi connectivity index (χ4v) is 2.25. The lowest BCUT2D eigenvalue weighted by Crippen LogP contribution is -2.32. The molecule has 1 fully saturated rings. The molecule has 1 saturated carbocycles. The van der Waals surface area contributed by atoms with Gasteiger partial charge in [-0.2, -0.15) is 0 Å². The molecule has 0 aromatic heterocycles. The largest absolute Gasteiger partial charge is 0.465 e. The van der Waals surface area contributed by atoms with Crippen molar-refractivity contribution in [3.63, 3.8) is 0 Å². The first-order valence-electron chi connectivity index (χ1n) is 7.25. The fraction of sp³-hybridized carbons (Fsp3) is 0.562. The molecule has 0 heterocycles. The normalized spacial score (nSPS) is 15.9. The molecule has 1 aliphatic rings. The van der Waals surface area contributed by atoms with Crippen LogP contribution in [0, 0.1) is 0 Å². The van der Waals surface area contributed by atoms with E-state index in [1.165, 1.54) is 18.4 Å². The number of carbonyl (C=O) groups excluding carboxylic acids is 1. The predicted octanol–water partition coefficient (Wildman–Crippen LogP) is 2.40. The second-order valence-electron chi connectivity index (χ2n) is 5.07. The molecule has 110 valence electrons. The quantitative estimate of drug-likeness (QED) is 0.585. The maximum absolute atomic E-state index is 12.0. The van der Waals surface area contributed by atoms with Crippen LogP contribution in [0.4, 0.5) is 0 Å². The third kappa shape index (κ3) is 4.05. The zero-order valence-corrected chi connectivity index (χ0v) is 12.2. The van der Waals surface area contributed by atoms with Crippen LogP contribution in [-0.4, -0.2) is 32.8 Å². The number of rotatable bonds is 8. The molecule has 1 aromatic rings. The molecular formula is C16H23NO3. The molecule has 0 saturated heterocycles. The van der Waals surface area contributed by atoms with Crippen LogP contribution in [0.2, 0.25) is 0 Å². The number of hydrogen-bond donors (Lipinski definition) is 1. The second kappa shape index (κ2) is 7.41. The Morgan fingerprint density at radius 3 is 2.60 bits per heavy atom. The molecule has 0 radical (unpaired) electrons. The highest BCUT2D eigenvalue weighted by molar-refractivity contribution is 5.77. The second-order valence-corrected chi connectivity index (χ2v) is 5.07. The van der Waals surface area contributed by atoms with Gasteiger partial charge >= 0.3 is 5.97 Å². The SMILES string of the molecule is CCOC(=O)C(NCCOC)c1ccc(C2CC2)cc1. The molecule has 2 rings (SSSR count). The van der Waals surface area contributed by atoms with Crippen LogP contribution in [0.3, 0.4) is 0 Å². The van der Waals surface area contributed by atoms with Crippen molar-refractivity contribution < 1.29 is 14.3 Å². The van der Waals surface area contributed by atoms with E-state index in [0.29, 0.717) is 19.8 Å². The summed E-state index contributed by atoms with van der Waals surface area (Å²) < 4.78 is 10.1. The van der Waals surface area contributed by atoms with Crippen LogP contribution < -0.4 is 5.32 Å². The fourth-order valence-electron chi connectivity index (χ4n) is 2.25. The lowest BCUT2D eigenvalue weighted by Gasteiger charge is -2.18.